The van der Waals surface area contributed by atoms with Crippen molar-refractivity contribution in [3.8, 4) is 0 Å². The van der Waals surface area contributed by atoms with Gasteiger partial charge in [0.15, 0.2) is 18.3 Å². The van der Waals surface area contributed by atoms with Crippen LogP contribution in [0.2, 0.25) is 0 Å². The highest BCUT2D eigenvalue weighted by atomic mass is 16.7. The van der Waals surface area contributed by atoms with Crippen molar-refractivity contribution in [3.05, 3.63) is 71.8 Å². The lowest BCUT2D eigenvalue weighted by atomic mass is 9.73. The summed E-state index contributed by atoms with van der Waals surface area (Å²) in [6.07, 6.45) is -6.81. The van der Waals surface area contributed by atoms with Crippen LogP contribution < -0.4 is 0 Å². The molecule has 0 aliphatic carbocycles. The van der Waals surface area contributed by atoms with Crippen LogP contribution in [0.25, 0.3) is 0 Å². The zero-order valence-corrected chi connectivity index (χ0v) is 22.9. The number of esters is 5. The van der Waals surface area contributed by atoms with Crippen molar-refractivity contribution in [2.24, 2.45) is 0 Å². The molecular formula is C29H32O11. The zero-order chi connectivity index (χ0) is 29.4. The first-order chi connectivity index (χ1) is 19.0. The van der Waals surface area contributed by atoms with Gasteiger partial charge in [-0.05, 0) is 5.56 Å². The number of benzene rings is 2. The lowest BCUT2D eigenvalue weighted by Crippen LogP contribution is -2.67. The minimum Gasteiger partial charge on any atom is -0.462 e. The van der Waals surface area contributed by atoms with Crippen molar-refractivity contribution in [3.63, 3.8) is 0 Å². The molecule has 1 heterocycles. The summed E-state index contributed by atoms with van der Waals surface area (Å²) in [4.78, 5) is 61.4. The molecule has 1 aliphatic rings. The second kappa shape index (κ2) is 13.2. The lowest BCUT2D eigenvalue weighted by Gasteiger charge is -2.53. The fourth-order valence-electron chi connectivity index (χ4n) is 4.84. The molecule has 0 aromatic heterocycles. The van der Waals surface area contributed by atoms with E-state index in [1.54, 1.807) is 60.7 Å². The number of carbonyl (C=O) groups excluding carboxylic acids is 5. The quantitative estimate of drug-likeness (QED) is 0.332. The molecule has 2 aromatic rings. The number of hydrogen-bond donors (Lipinski definition) is 0. The minimum atomic E-state index is -1.88. The standard InChI is InChI=1S/C29H32O11/c1-17(30)35-16-24(36-18(2)31)25-26(37-19(3)32)28(38-20(4)33)29(40-21(5)34,23-14-10-7-11-15-23)27(39-25)22-12-8-6-9-13-22/h6-15,24-28H,16H2,1-5H3/t24-,25+,26+,27?,28-,29+/m0/s1. The Morgan fingerprint density at radius 3 is 1.82 bits per heavy atom. The van der Waals surface area contributed by atoms with E-state index in [1.807, 2.05) is 0 Å². The lowest BCUT2D eigenvalue weighted by molar-refractivity contribution is -0.305. The summed E-state index contributed by atoms with van der Waals surface area (Å²) in [5.41, 5.74) is -0.992. The summed E-state index contributed by atoms with van der Waals surface area (Å²) in [5.74, 6) is -3.69. The van der Waals surface area contributed by atoms with Gasteiger partial charge in [-0.2, -0.15) is 0 Å². The molecule has 0 bridgehead atoms. The van der Waals surface area contributed by atoms with E-state index in [4.69, 9.17) is 28.4 Å². The summed E-state index contributed by atoms with van der Waals surface area (Å²) in [6, 6.07) is 17.1. The average molecular weight is 557 g/mol. The predicted molar refractivity (Wildman–Crippen MR) is 137 cm³/mol. The van der Waals surface area contributed by atoms with E-state index in [0.717, 1.165) is 20.8 Å². The molecule has 2 aromatic carbocycles. The van der Waals surface area contributed by atoms with Crippen LogP contribution in [0.3, 0.4) is 0 Å². The Labute approximate surface area is 231 Å². The molecular weight excluding hydrogens is 524 g/mol. The van der Waals surface area contributed by atoms with Gasteiger partial charge in [0.2, 0.25) is 5.60 Å². The van der Waals surface area contributed by atoms with Gasteiger partial charge in [-0.25, -0.2) is 0 Å². The Hall–Kier alpha value is -4.25. The second-order valence-electron chi connectivity index (χ2n) is 9.20. The van der Waals surface area contributed by atoms with Gasteiger partial charge in [-0.1, -0.05) is 60.7 Å². The fraction of sp³-hybridized carbons (Fsp3) is 0.414. The molecule has 0 amide bonds. The van der Waals surface area contributed by atoms with E-state index in [9.17, 15) is 24.0 Å². The highest BCUT2D eigenvalue weighted by Crippen LogP contribution is 2.52. The van der Waals surface area contributed by atoms with Crippen molar-refractivity contribution in [2.45, 2.75) is 70.7 Å². The van der Waals surface area contributed by atoms with Gasteiger partial charge < -0.3 is 28.4 Å². The fourth-order valence-corrected chi connectivity index (χ4v) is 4.84. The van der Waals surface area contributed by atoms with Gasteiger partial charge in [-0.15, -0.1) is 0 Å². The molecule has 0 saturated carbocycles. The van der Waals surface area contributed by atoms with E-state index in [0.29, 0.717) is 11.1 Å². The van der Waals surface area contributed by atoms with E-state index in [1.165, 1.54) is 13.8 Å². The molecule has 1 fully saturated rings. The van der Waals surface area contributed by atoms with Crippen molar-refractivity contribution >= 4 is 29.8 Å². The first-order valence-corrected chi connectivity index (χ1v) is 12.6. The van der Waals surface area contributed by atoms with Crippen LogP contribution in [-0.4, -0.2) is 60.9 Å². The molecule has 1 aliphatic heterocycles. The average Bonchev–Trinajstić information content (AvgIpc) is 2.88. The van der Waals surface area contributed by atoms with Crippen molar-refractivity contribution in [1.29, 1.82) is 0 Å². The summed E-state index contributed by atoms with van der Waals surface area (Å²) in [7, 11) is 0. The summed E-state index contributed by atoms with van der Waals surface area (Å²) in [5, 5.41) is 0. The van der Waals surface area contributed by atoms with Crippen LogP contribution in [0.5, 0.6) is 0 Å². The van der Waals surface area contributed by atoms with Crippen LogP contribution in [0.15, 0.2) is 60.7 Å². The highest BCUT2D eigenvalue weighted by molar-refractivity contribution is 5.70. The molecule has 214 valence electrons. The first-order valence-electron chi connectivity index (χ1n) is 12.6. The van der Waals surface area contributed by atoms with Gasteiger partial charge in [0.25, 0.3) is 0 Å². The van der Waals surface area contributed by atoms with E-state index >= 15 is 0 Å². The Balaban J connectivity index is 2.37. The van der Waals surface area contributed by atoms with E-state index < -0.39 is 72.6 Å². The maximum Gasteiger partial charge on any atom is 0.303 e. The number of rotatable bonds is 9. The zero-order valence-electron chi connectivity index (χ0n) is 22.9. The highest BCUT2D eigenvalue weighted by Gasteiger charge is 2.65. The maximum absolute atomic E-state index is 12.7. The van der Waals surface area contributed by atoms with Crippen molar-refractivity contribution in [2.75, 3.05) is 6.61 Å². The van der Waals surface area contributed by atoms with E-state index in [2.05, 4.69) is 0 Å². The van der Waals surface area contributed by atoms with E-state index in [-0.39, 0.29) is 0 Å². The van der Waals surface area contributed by atoms with Crippen molar-refractivity contribution < 1.29 is 52.4 Å². The SMILES string of the molecule is CC(=O)OC[C@H](OC(C)=O)[C@H]1OC(c2ccccc2)[C@](OC(C)=O)(c2ccccc2)[C@@H](OC(C)=O)[C@@H]1OC(C)=O. The minimum absolute atomic E-state index is 0.380. The van der Waals surface area contributed by atoms with Gasteiger partial charge in [-0.3, -0.25) is 24.0 Å². The Morgan fingerprint density at radius 2 is 1.32 bits per heavy atom. The molecule has 40 heavy (non-hydrogen) atoms. The van der Waals surface area contributed by atoms with Gasteiger partial charge >= 0.3 is 29.8 Å². The Morgan fingerprint density at radius 1 is 0.750 bits per heavy atom. The van der Waals surface area contributed by atoms with Gasteiger partial charge in [0.1, 0.15) is 18.8 Å². The van der Waals surface area contributed by atoms with Crippen LogP contribution >= 0.6 is 0 Å². The smallest absolute Gasteiger partial charge is 0.303 e. The molecule has 1 unspecified atom stereocenters. The second-order valence-corrected chi connectivity index (χ2v) is 9.20. The van der Waals surface area contributed by atoms with Crippen LogP contribution in [0.1, 0.15) is 51.8 Å². The Kier molecular flexibility index (Phi) is 10.0. The third kappa shape index (κ3) is 7.03. The molecule has 0 N–H and O–H groups in total. The molecule has 11 heteroatoms. The monoisotopic (exact) mass is 556 g/mol. The van der Waals surface area contributed by atoms with Crippen LogP contribution in [-0.2, 0) is 58.0 Å². The molecule has 0 spiro atoms. The molecule has 11 nitrogen and oxygen atoms in total. The third-order valence-corrected chi connectivity index (χ3v) is 6.10. The number of carbonyl (C=O) groups is 5. The normalized spacial score (nSPS) is 24.6. The molecule has 0 radical (unpaired) electrons. The van der Waals surface area contributed by atoms with Crippen LogP contribution in [0, 0.1) is 0 Å². The Bertz CT molecular complexity index is 1210. The maximum atomic E-state index is 12.7. The summed E-state index contributed by atoms with van der Waals surface area (Å²) >= 11 is 0. The number of ether oxygens (including phenoxy) is 6. The first kappa shape index (κ1) is 30.3. The summed E-state index contributed by atoms with van der Waals surface area (Å²) in [6.45, 7) is 5.33. The molecule has 3 rings (SSSR count). The predicted octanol–water partition coefficient (Wildman–Crippen LogP) is 2.94. The molecule has 6 atom stereocenters. The summed E-state index contributed by atoms with van der Waals surface area (Å²) < 4.78 is 34.7. The van der Waals surface area contributed by atoms with Crippen LogP contribution in [0.4, 0.5) is 0 Å². The topological polar surface area (TPSA) is 141 Å². The largest absolute Gasteiger partial charge is 0.462 e. The van der Waals surface area contributed by atoms with Gasteiger partial charge in [0.05, 0.1) is 0 Å². The number of hydrogen-bond acceptors (Lipinski definition) is 11. The van der Waals surface area contributed by atoms with Gasteiger partial charge in [0, 0.05) is 40.2 Å². The van der Waals surface area contributed by atoms with Crippen molar-refractivity contribution in [1.82, 2.24) is 0 Å². The third-order valence-electron chi connectivity index (χ3n) is 6.10. The molecule has 1 saturated heterocycles.